The Bertz CT molecular complexity index is 795. The van der Waals surface area contributed by atoms with Gasteiger partial charge in [-0.1, -0.05) is 30.3 Å². The van der Waals surface area contributed by atoms with Gasteiger partial charge in [-0.05, 0) is 44.5 Å². The first-order valence-corrected chi connectivity index (χ1v) is 8.67. The highest BCUT2D eigenvalue weighted by Crippen LogP contribution is 2.38. The Morgan fingerprint density at radius 3 is 2.57 bits per heavy atom. The van der Waals surface area contributed by atoms with Crippen molar-refractivity contribution in [2.24, 2.45) is 0 Å². The molecule has 1 aliphatic heterocycles. The van der Waals surface area contributed by atoms with E-state index in [1.807, 2.05) is 18.3 Å². The molecule has 23 heavy (non-hydrogen) atoms. The van der Waals surface area contributed by atoms with Gasteiger partial charge < -0.3 is 5.32 Å². The molecule has 1 aliphatic rings. The lowest BCUT2D eigenvalue weighted by Gasteiger charge is -2.22. The van der Waals surface area contributed by atoms with Gasteiger partial charge in [0.05, 0.1) is 15.9 Å². The Hall–Kier alpha value is -1.49. The van der Waals surface area contributed by atoms with Crippen LogP contribution in [0.3, 0.4) is 0 Å². The molecule has 3 heterocycles. The molecule has 0 amide bonds. The highest BCUT2D eigenvalue weighted by Gasteiger charge is 2.21. The minimum absolute atomic E-state index is 0. The second kappa shape index (κ2) is 6.95. The summed E-state index contributed by atoms with van der Waals surface area (Å²) in [6, 6.07) is 12.8. The Kier molecular flexibility index (Phi) is 4.95. The number of aromatic nitrogens is 2. The van der Waals surface area contributed by atoms with Gasteiger partial charge in [-0.2, -0.15) is 0 Å². The standard InChI is InChI=1S/C18H19N3S.ClH/c1-12-20-15-11-16(13-5-3-2-4-6-13)22-18(15)17(21-12)14-7-9-19-10-8-14;/h2-6,11,14,19H,7-10H2,1H3;1H. The van der Waals surface area contributed by atoms with Crippen LogP contribution < -0.4 is 5.32 Å². The zero-order valence-corrected chi connectivity index (χ0v) is 14.7. The van der Waals surface area contributed by atoms with Gasteiger partial charge >= 0.3 is 0 Å². The maximum Gasteiger partial charge on any atom is 0.126 e. The lowest BCUT2D eigenvalue weighted by molar-refractivity contribution is 0.455. The molecule has 0 saturated carbocycles. The van der Waals surface area contributed by atoms with Crippen molar-refractivity contribution in [1.82, 2.24) is 15.3 Å². The highest BCUT2D eigenvalue weighted by atomic mass is 35.5. The zero-order chi connectivity index (χ0) is 14.9. The number of halogens is 1. The van der Waals surface area contributed by atoms with E-state index in [1.54, 1.807) is 0 Å². The molecule has 1 N–H and O–H groups in total. The molecule has 5 heteroatoms. The van der Waals surface area contributed by atoms with Crippen molar-refractivity contribution in [1.29, 1.82) is 0 Å². The third-order valence-corrected chi connectivity index (χ3v) is 5.49. The van der Waals surface area contributed by atoms with E-state index in [2.05, 4.69) is 46.7 Å². The van der Waals surface area contributed by atoms with Crippen LogP contribution in [0.5, 0.6) is 0 Å². The quantitative estimate of drug-likeness (QED) is 0.740. The molecular formula is C18H20ClN3S. The molecule has 4 rings (SSSR count). The number of thiophene rings is 1. The van der Waals surface area contributed by atoms with Crippen molar-refractivity contribution < 1.29 is 0 Å². The lowest BCUT2D eigenvalue weighted by atomic mass is 9.94. The minimum atomic E-state index is 0. The summed E-state index contributed by atoms with van der Waals surface area (Å²) in [6.45, 7) is 4.18. The summed E-state index contributed by atoms with van der Waals surface area (Å²) >= 11 is 1.83. The van der Waals surface area contributed by atoms with Crippen molar-refractivity contribution in [2.75, 3.05) is 13.1 Å². The average Bonchev–Trinajstić information content (AvgIpc) is 2.99. The number of fused-ring (bicyclic) bond motifs is 1. The molecule has 0 aliphatic carbocycles. The second-order valence-electron chi connectivity index (χ2n) is 5.87. The first-order chi connectivity index (χ1) is 10.8. The molecular weight excluding hydrogens is 326 g/mol. The fourth-order valence-electron chi connectivity index (χ4n) is 3.19. The van der Waals surface area contributed by atoms with Crippen LogP contribution in [0, 0.1) is 6.92 Å². The summed E-state index contributed by atoms with van der Waals surface area (Å²) in [5.41, 5.74) is 3.63. The van der Waals surface area contributed by atoms with Gasteiger partial charge in [-0.25, -0.2) is 9.97 Å². The first kappa shape index (κ1) is 16.4. The van der Waals surface area contributed by atoms with Crippen LogP contribution in [0.2, 0.25) is 0 Å². The molecule has 0 bridgehead atoms. The number of nitrogens with zero attached hydrogens (tertiary/aromatic N) is 2. The van der Waals surface area contributed by atoms with Crippen LogP contribution in [-0.2, 0) is 0 Å². The van der Waals surface area contributed by atoms with Gasteiger partial charge in [0.25, 0.3) is 0 Å². The number of hydrogen-bond donors (Lipinski definition) is 1. The number of aryl methyl sites for hydroxylation is 1. The first-order valence-electron chi connectivity index (χ1n) is 7.85. The Morgan fingerprint density at radius 2 is 1.83 bits per heavy atom. The van der Waals surface area contributed by atoms with Crippen molar-refractivity contribution in [3.8, 4) is 10.4 Å². The van der Waals surface area contributed by atoms with E-state index >= 15 is 0 Å². The van der Waals surface area contributed by atoms with E-state index in [1.165, 1.54) is 33.7 Å². The summed E-state index contributed by atoms with van der Waals surface area (Å²) in [6.07, 6.45) is 2.34. The normalized spacial score (nSPS) is 15.5. The number of piperidine rings is 1. The lowest BCUT2D eigenvalue weighted by Crippen LogP contribution is -2.27. The van der Waals surface area contributed by atoms with Crippen molar-refractivity contribution >= 4 is 34.0 Å². The second-order valence-corrected chi connectivity index (χ2v) is 6.92. The number of benzene rings is 1. The summed E-state index contributed by atoms with van der Waals surface area (Å²) in [7, 11) is 0. The SMILES string of the molecule is Cc1nc(C2CCNCC2)c2sc(-c3ccccc3)cc2n1.Cl. The molecule has 0 atom stereocenters. The minimum Gasteiger partial charge on any atom is -0.317 e. The van der Waals surface area contributed by atoms with Gasteiger partial charge in [0, 0.05) is 10.8 Å². The molecule has 3 aromatic rings. The average molecular weight is 346 g/mol. The molecule has 0 spiro atoms. The van der Waals surface area contributed by atoms with Crippen molar-refractivity contribution in [2.45, 2.75) is 25.7 Å². The molecule has 3 nitrogen and oxygen atoms in total. The van der Waals surface area contributed by atoms with Gasteiger partial charge in [0.15, 0.2) is 0 Å². The number of nitrogens with one attached hydrogen (secondary N) is 1. The summed E-state index contributed by atoms with van der Waals surface area (Å²) < 4.78 is 1.27. The fourth-order valence-corrected chi connectivity index (χ4v) is 4.36. The molecule has 0 unspecified atom stereocenters. The monoisotopic (exact) mass is 345 g/mol. The molecule has 1 fully saturated rings. The maximum absolute atomic E-state index is 4.80. The molecule has 0 radical (unpaired) electrons. The van der Waals surface area contributed by atoms with Gasteiger partial charge in [-0.3, -0.25) is 0 Å². The van der Waals surface area contributed by atoms with Crippen LogP contribution >= 0.6 is 23.7 Å². The number of rotatable bonds is 2. The predicted octanol–water partition coefficient (Wildman–Crippen LogP) is 4.56. The van der Waals surface area contributed by atoms with Crippen LogP contribution in [0.15, 0.2) is 36.4 Å². The Labute approximate surface area is 146 Å². The van der Waals surface area contributed by atoms with E-state index in [9.17, 15) is 0 Å². The van der Waals surface area contributed by atoms with Crippen LogP contribution in [-0.4, -0.2) is 23.1 Å². The third-order valence-electron chi connectivity index (χ3n) is 4.29. The summed E-state index contributed by atoms with van der Waals surface area (Å²) in [5, 5.41) is 3.44. The Morgan fingerprint density at radius 1 is 1.09 bits per heavy atom. The van der Waals surface area contributed by atoms with E-state index in [0.717, 1.165) is 24.4 Å². The molecule has 2 aromatic heterocycles. The van der Waals surface area contributed by atoms with E-state index < -0.39 is 0 Å². The van der Waals surface area contributed by atoms with Gasteiger partial charge in [-0.15, -0.1) is 23.7 Å². The van der Waals surface area contributed by atoms with Crippen LogP contribution in [0.25, 0.3) is 20.7 Å². The van der Waals surface area contributed by atoms with E-state index in [0.29, 0.717) is 5.92 Å². The van der Waals surface area contributed by atoms with Crippen molar-refractivity contribution in [3.63, 3.8) is 0 Å². The predicted molar refractivity (Wildman–Crippen MR) is 99.7 cm³/mol. The van der Waals surface area contributed by atoms with Crippen molar-refractivity contribution in [3.05, 3.63) is 47.9 Å². The summed E-state index contributed by atoms with van der Waals surface area (Å²) in [4.78, 5) is 10.7. The van der Waals surface area contributed by atoms with Crippen LogP contribution in [0.1, 0.15) is 30.3 Å². The molecule has 120 valence electrons. The highest BCUT2D eigenvalue weighted by molar-refractivity contribution is 7.22. The van der Waals surface area contributed by atoms with Gasteiger partial charge in [0.1, 0.15) is 5.82 Å². The largest absolute Gasteiger partial charge is 0.317 e. The summed E-state index contributed by atoms with van der Waals surface area (Å²) in [5.74, 6) is 1.45. The smallest absolute Gasteiger partial charge is 0.126 e. The van der Waals surface area contributed by atoms with E-state index in [4.69, 9.17) is 4.98 Å². The fraction of sp³-hybridized carbons (Fsp3) is 0.333. The molecule has 1 saturated heterocycles. The Balaban J connectivity index is 0.00000156. The third kappa shape index (κ3) is 3.25. The zero-order valence-electron chi connectivity index (χ0n) is 13.1. The topological polar surface area (TPSA) is 37.8 Å². The van der Waals surface area contributed by atoms with Crippen LogP contribution in [0.4, 0.5) is 0 Å². The number of hydrogen-bond acceptors (Lipinski definition) is 4. The van der Waals surface area contributed by atoms with Gasteiger partial charge in [0.2, 0.25) is 0 Å². The molecule has 1 aromatic carbocycles. The maximum atomic E-state index is 4.80. The van der Waals surface area contributed by atoms with E-state index in [-0.39, 0.29) is 12.4 Å².